The Labute approximate surface area is 92.2 Å². The quantitative estimate of drug-likeness (QED) is 0.744. The van der Waals surface area contributed by atoms with E-state index < -0.39 is 0 Å². The van der Waals surface area contributed by atoms with E-state index in [4.69, 9.17) is 0 Å². The molecule has 2 fully saturated rings. The fourth-order valence-electron chi connectivity index (χ4n) is 2.37. The zero-order valence-electron chi connectivity index (χ0n) is 10.0. The molecule has 0 aromatic carbocycles. The molecule has 1 heterocycles. The van der Waals surface area contributed by atoms with Crippen LogP contribution in [0.2, 0.25) is 0 Å². The highest BCUT2D eigenvalue weighted by molar-refractivity contribution is 5.82. The Balaban J connectivity index is 1.76. The van der Waals surface area contributed by atoms with Gasteiger partial charge in [-0.15, -0.1) is 0 Å². The summed E-state index contributed by atoms with van der Waals surface area (Å²) >= 11 is 0. The molecule has 3 heteroatoms. The normalized spacial score (nSPS) is 31.3. The number of piperidine rings is 1. The van der Waals surface area contributed by atoms with Gasteiger partial charge in [0.2, 0.25) is 5.91 Å². The van der Waals surface area contributed by atoms with E-state index in [1.54, 1.807) is 0 Å². The van der Waals surface area contributed by atoms with Crippen LogP contribution in [-0.4, -0.2) is 37.0 Å². The van der Waals surface area contributed by atoms with E-state index in [-0.39, 0.29) is 17.2 Å². The van der Waals surface area contributed by atoms with Gasteiger partial charge >= 0.3 is 0 Å². The van der Waals surface area contributed by atoms with Crippen LogP contribution in [0.25, 0.3) is 0 Å². The lowest BCUT2D eigenvalue weighted by molar-refractivity contribution is -0.124. The van der Waals surface area contributed by atoms with E-state index in [9.17, 15) is 4.79 Å². The van der Waals surface area contributed by atoms with Gasteiger partial charge in [0.05, 0.1) is 0 Å². The van der Waals surface area contributed by atoms with Gasteiger partial charge in [-0.25, -0.2) is 0 Å². The molecule has 0 spiro atoms. The van der Waals surface area contributed by atoms with Gasteiger partial charge in [0.15, 0.2) is 0 Å². The van der Waals surface area contributed by atoms with Gasteiger partial charge in [0.1, 0.15) is 0 Å². The average Bonchev–Trinajstić information content (AvgIpc) is 2.79. The maximum absolute atomic E-state index is 11.8. The lowest BCUT2D eigenvalue weighted by atomic mass is 10.0. The predicted molar refractivity (Wildman–Crippen MR) is 60.5 cm³/mol. The van der Waals surface area contributed by atoms with Crippen molar-refractivity contribution in [3.05, 3.63) is 0 Å². The number of hydrogen-bond donors (Lipinski definition) is 1. The van der Waals surface area contributed by atoms with E-state index >= 15 is 0 Å². The SMILES string of the molecule is CN1CCC(NC(=O)C2CC2(C)C)CC1. The van der Waals surface area contributed by atoms with Gasteiger partial charge < -0.3 is 10.2 Å². The predicted octanol–water partition coefficient (Wildman–Crippen LogP) is 1.24. The van der Waals surface area contributed by atoms with Gasteiger partial charge in [0.25, 0.3) is 0 Å². The van der Waals surface area contributed by atoms with Crippen LogP contribution in [0.3, 0.4) is 0 Å². The number of amides is 1. The van der Waals surface area contributed by atoms with Crippen molar-refractivity contribution in [1.29, 1.82) is 0 Å². The van der Waals surface area contributed by atoms with Crippen LogP contribution in [0.4, 0.5) is 0 Å². The lowest BCUT2D eigenvalue weighted by Gasteiger charge is -2.29. The molecule has 0 radical (unpaired) electrons. The third-order valence-electron chi connectivity index (χ3n) is 3.89. The number of rotatable bonds is 2. The second kappa shape index (κ2) is 3.78. The fraction of sp³-hybridized carbons (Fsp3) is 0.917. The maximum Gasteiger partial charge on any atom is 0.223 e. The summed E-state index contributed by atoms with van der Waals surface area (Å²) in [6.45, 7) is 6.57. The van der Waals surface area contributed by atoms with Crippen molar-refractivity contribution in [2.75, 3.05) is 20.1 Å². The molecule has 1 aliphatic heterocycles. The van der Waals surface area contributed by atoms with Crippen LogP contribution < -0.4 is 5.32 Å². The highest BCUT2D eigenvalue weighted by Crippen LogP contribution is 2.51. The van der Waals surface area contributed by atoms with Crippen molar-refractivity contribution in [3.63, 3.8) is 0 Å². The van der Waals surface area contributed by atoms with E-state index in [1.165, 1.54) is 0 Å². The van der Waals surface area contributed by atoms with Gasteiger partial charge in [-0.05, 0) is 44.8 Å². The van der Waals surface area contributed by atoms with Crippen LogP contribution in [0.15, 0.2) is 0 Å². The summed E-state index contributed by atoms with van der Waals surface area (Å²) in [5.74, 6) is 0.562. The molecule has 1 atom stereocenters. The monoisotopic (exact) mass is 210 g/mol. The zero-order valence-corrected chi connectivity index (χ0v) is 10.0. The summed E-state index contributed by atoms with van der Waals surface area (Å²) in [5, 5.41) is 3.19. The fourth-order valence-corrected chi connectivity index (χ4v) is 2.37. The topological polar surface area (TPSA) is 32.3 Å². The Morgan fingerprint density at radius 2 is 1.87 bits per heavy atom. The zero-order chi connectivity index (χ0) is 11.1. The molecule has 15 heavy (non-hydrogen) atoms. The van der Waals surface area contributed by atoms with E-state index in [2.05, 4.69) is 31.1 Å². The van der Waals surface area contributed by atoms with Crippen molar-refractivity contribution in [3.8, 4) is 0 Å². The van der Waals surface area contributed by atoms with Crippen molar-refractivity contribution < 1.29 is 4.79 Å². The summed E-state index contributed by atoms with van der Waals surface area (Å²) in [6, 6.07) is 0.421. The van der Waals surface area contributed by atoms with Crippen LogP contribution in [0.5, 0.6) is 0 Å². The van der Waals surface area contributed by atoms with Crippen molar-refractivity contribution in [2.24, 2.45) is 11.3 Å². The number of likely N-dealkylation sites (tertiary alicyclic amines) is 1. The molecular weight excluding hydrogens is 188 g/mol. The second-order valence-corrected chi connectivity index (χ2v) is 5.83. The number of carbonyl (C=O) groups excluding carboxylic acids is 1. The van der Waals surface area contributed by atoms with Gasteiger partial charge in [-0.2, -0.15) is 0 Å². The molecule has 1 N–H and O–H groups in total. The molecule has 0 bridgehead atoms. The summed E-state index contributed by atoms with van der Waals surface area (Å²) in [6.07, 6.45) is 3.27. The molecule has 2 rings (SSSR count). The summed E-state index contributed by atoms with van der Waals surface area (Å²) in [4.78, 5) is 14.2. The molecule has 0 aromatic rings. The Morgan fingerprint density at radius 1 is 1.33 bits per heavy atom. The molecule has 1 unspecified atom stereocenters. The molecule has 2 aliphatic rings. The highest BCUT2D eigenvalue weighted by Gasteiger charge is 2.50. The smallest absolute Gasteiger partial charge is 0.223 e. The van der Waals surface area contributed by atoms with Crippen LogP contribution in [0.1, 0.15) is 33.1 Å². The minimum Gasteiger partial charge on any atom is -0.353 e. The third kappa shape index (κ3) is 2.51. The number of hydrogen-bond acceptors (Lipinski definition) is 2. The lowest BCUT2D eigenvalue weighted by Crippen LogP contribution is -2.44. The van der Waals surface area contributed by atoms with E-state index in [1.807, 2.05) is 0 Å². The summed E-state index contributed by atoms with van der Waals surface area (Å²) in [5.41, 5.74) is 0.259. The Hall–Kier alpha value is -0.570. The Morgan fingerprint density at radius 3 is 2.33 bits per heavy atom. The van der Waals surface area contributed by atoms with E-state index in [0.717, 1.165) is 32.4 Å². The molecule has 3 nitrogen and oxygen atoms in total. The molecule has 1 saturated heterocycles. The first kappa shape index (κ1) is 10.9. The average molecular weight is 210 g/mol. The van der Waals surface area contributed by atoms with Gasteiger partial charge in [-0.1, -0.05) is 13.8 Å². The number of carbonyl (C=O) groups is 1. The maximum atomic E-state index is 11.8. The van der Waals surface area contributed by atoms with Gasteiger partial charge in [0, 0.05) is 12.0 Å². The third-order valence-corrected chi connectivity index (χ3v) is 3.89. The molecule has 86 valence electrons. The first-order valence-electron chi connectivity index (χ1n) is 5.98. The van der Waals surface area contributed by atoms with E-state index in [0.29, 0.717) is 6.04 Å². The van der Waals surface area contributed by atoms with Crippen LogP contribution >= 0.6 is 0 Å². The minimum atomic E-state index is 0.259. The Bertz CT molecular complexity index is 254. The molecule has 0 aromatic heterocycles. The standard InChI is InChI=1S/C12H22N2O/c1-12(2)8-10(12)11(15)13-9-4-6-14(3)7-5-9/h9-10H,4-8H2,1-3H3,(H,13,15). The van der Waals surface area contributed by atoms with Crippen molar-refractivity contribution >= 4 is 5.91 Å². The molecule has 1 saturated carbocycles. The molecule has 1 aliphatic carbocycles. The van der Waals surface area contributed by atoms with Crippen molar-refractivity contribution in [1.82, 2.24) is 10.2 Å². The number of nitrogens with one attached hydrogen (secondary N) is 1. The summed E-state index contributed by atoms with van der Waals surface area (Å²) < 4.78 is 0. The van der Waals surface area contributed by atoms with Crippen LogP contribution in [0, 0.1) is 11.3 Å². The van der Waals surface area contributed by atoms with Crippen LogP contribution in [-0.2, 0) is 4.79 Å². The second-order valence-electron chi connectivity index (χ2n) is 5.83. The minimum absolute atomic E-state index is 0.259. The molecule has 1 amide bonds. The Kier molecular flexibility index (Phi) is 2.75. The molecular formula is C12H22N2O. The van der Waals surface area contributed by atoms with Crippen molar-refractivity contribution in [2.45, 2.75) is 39.2 Å². The first-order chi connectivity index (χ1) is 6.99. The van der Waals surface area contributed by atoms with Gasteiger partial charge in [-0.3, -0.25) is 4.79 Å². The largest absolute Gasteiger partial charge is 0.353 e. The highest BCUT2D eigenvalue weighted by atomic mass is 16.2. The first-order valence-corrected chi connectivity index (χ1v) is 5.98. The number of nitrogens with zero attached hydrogens (tertiary/aromatic N) is 1. The summed E-state index contributed by atoms with van der Waals surface area (Å²) in [7, 11) is 2.14.